The Morgan fingerprint density at radius 1 is 1.42 bits per heavy atom. The number of nitrogens with zero attached hydrogens (tertiary/aromatic N) is 2. The first-order valence-electron chi connectivity index (χ1n) is 5.96. The molecule has 0 aliphatic rings. The lowest BCUT2D eigenvalue weighted by Gasteiger charge is -2.09. The Bertz CT molecular complexity index is 442. The lowest BCUT2D eigenvalue weighted by atomic mass is 10.4. The summed E-state index contributed by atoms with van der Waals surface area (Å²) in [6.45, 7) is 2.90. The van der Waals surface area contributed by atoms with E-state index in [1.165, 1.54) is 17.9 Å². The maximum atomic E-state index is 11.7. The van der Waals surface area contributed by atoms with Gasteiger partial charge in [0, 0.05) is 20.3 Å². The van der Waals surface area contributed by atoms with Gasteiger partial charge in [0.25, 0.3) is 0 Å². The molecule has 1 heterocycles. The van der Waals surface area contributed by atoms with Crippen molar-refractivity contribution in [2.24, 2.45) is 0 Å². The van der Waals surface area contributed by atoms with Crippen molar-refractivity contribution in [1.82, 2.24) is 14.9 Å². The molecule has 0 fully saturated rings. The molecule has 1 aromatic heterocycles. The number of hydrogen-bond donors (Lipinski definition) is 1. The summed E-state index contributed by atoms with van der Waals surface area (Å²) in [5.74, 6) is -0.0948. The Morgan fingerprint density at radius 2 is 2.16 bits per heavy atom. The number of aromatic nitrogens is 2. The maximum absolute atomic E-state index is 11.7. The van der Waals surface area contributed by atoms with Crippen LogP contribution in [-0.4, -0.2) is 48.8 Å². The molecule has 0 aliphatic heterocycles. The van der Waals surface area contributed by atoms with Crippen LogP contribution in [0.4, 0.5) is 0 Å². The third-order valence-corrected chi connectivity index (χ3v) is 2.60. The average Bonchev–Trinajstić information content (AvgIpc) is 2.75. The number of carbonyl (C=O) groups is 2. The van der Waals surface area contributed by atoms with E-state index in [0.717, 1.165) is 6.42 Å². The van der Waals surface area contributed by atoms with Gasteiger partial charge in [0.15, 0.2) is 0 Å². The summed E-state index contributed by atoms with van der Waals surface area (Å²) >= 11 is 0. The van der Waals surface area contributed by atoms with E-state index in [0.29, 0.717) is 19.0 Å². The highest BCUT2D eigenvalue weighted by atomic mass is 16.5. The zero-order chi connectivity index (χ0) is 14.3. The standard InChI is InChI=1S/C12H19N3O4/c1-9-14-7-10(12(17)19-3)15(9)8-11(16)13-5-4-6-18-2/h7H,4-6,8H2,1-3H3,(H,13,16). The number of rotatable bonds is 7. The quantitative estimate of drug-likeness (QED) is 0.562. The summed E-state index contributed by atoms with van der Waals surface area (Å²) in [6, 6.07) is 0. The molecule has 7 nitrogen and oxygen atoms in total. The Labute approximate surface area is 111 Å². The summed E-state index contributed by atoms with van der Waals surface area (Å²) in [5, 5.41) is 2.75. The summed E-state index contributed by atoms with van der Waals surface area (Å²) in [6.07, 6.45) is 2.15. The van der Waals surface area contributed by atoms with E-state index in [1.54, 1.807) is 14.0 Å². The number of ether oxygens (including phenoxy) is 2. The van der Waals surface area contributed by atoms with Gasteiger partial charge in [0.2, 0.25) is 5.91 Å². The fraction of sp³-hybridized carbons (Fsp3) is 0.583. The molecule has 0 atom stereocenters. The molecule has 0 spiro atoms. The van der Waals surface area contributed by atoms with Gasteiger partial charge in [0.05, 0.1) is 13.3 Å². The first kappa shape index (κ1) is 15.2. The molecule has 0 aromatic carbocycles. The van der Waals surface area contributed by atoms with Crippen molar-refractivity contribution in [3.05, 3.63) is 17.7 Å². The fourth-order valence-corrected chi connectivity index (χ4v) is 1.58. The van der Waals surface area contributed by atoms with Crippen LogP contribution in [0.3, 0.4) is 0 Å². The van der Waals surface area contributed by atoms with E-state index in [1.807, 2.05) is 0 Å². The van der Waals surface area contributed by atoms with Crippen LogP contribution < -0.4 is 5.32 Å². The third-order valence-electron chi connectivity index (χ3n) is 2.60. The Balaban J connectivity index is 2.58. The summed E-state index contributed by atoms with van der Waals surface area (Å²) in [4.78, 5) is 27.2. The molecule has 0 saturated carbocycles. The number of imidazole rings is 1. The fourth-order valence-electron chi connectivity index (χ4n) is 1.58. The molecular weight excluding hydrogens is 250 g/mol. The molecule has 1 N–H and O–H groups in total. The molecule has 1 rings (SSSR count). The highest BCUT2D eigenvalue weighted by molar-refractivity contribution is 5.88. The van der Waals surface area contributed by atoms with Crippen LogP contribution in [-0.2, 0) is 20.8 Å². The average molecular weight is 269 g/mol. The van der Waals surface area contributed by atoms with E-state index >= 15 is 0 Å². The second kappa shape index (κ2) is 7.52. The number of nitrogens with one attached hydrogen (secondary N) is 1. The van der Waals surface area contributed by atoms with Gasteiger partial charge in [-0.15, -0.1) is 0 Å². The highest BCUT2D eigenvalue weighted by Crippen LogP contribution is 2.06. The van der Waals surface area contributed by atoms with Crippen molar-refractivity contribution in [2.75, 3.05) is 27.4 Å². The normalized spacial score (nSPS) is 10.3. The largest absolute Gasteiger partial charge is 0.464 e. The number of esters is 1. The Morgan fingerprint density at radius 3 is 2.79 bits per heavy atom. The van der Waals surface area contributed by atoms with E-state index in [4.69, 9.17) is 4.74 Å². The van der Waals surface area contributed by atoms with Gasteiger partial charge in [-0.1, -0.05) is 0 Å². The summed E-state index contributed by atoms with van der Waals surface area (Å²) in [5.41, 5.74) is 0.270. The molecule has 1 aromatic rings. The van der Waals surface area contributed by atoms with E-state index in [9.17, 15) is 9.59 Å². The SMILES string of the molecule is COCCCNC(=O)Cn1c(C(=O)OC)cnc1C. The van der Waals surface area contributed by atoms with Gasteiger partial charge in [-0.2, -0.15) is 0 Å². The van der Waals surface area contributed by atoms with Crippen LogP contribution >= 0.6 is 0 Å². The predicted octanol–water partition coefficient (Wildman–Crippen LogP) is 0.131. The maximum Gasteiger partial charge on any atom is 0.356 e. The van der Waals surface area contributed by atoms with E-state index in [2.05, 4.69) is 15.0 Å². The first-order chi connectivity index (χ1) is 9.10. The highest BCUT2D eigenvalue weighted by Gasteiger charge is 2.16. The van der Waals surface area contributed by atoms with Crippen LogP contribution in [0, 0.1) is 6.92 Å². The van der Waals surface area contributed by atoms with E-state index < -0.39 is 5.97 Å². The number of carbonyl (C=O) groups excluding carboxylic acids is 2. The third kappa shape index (κ3) is 4.36. The number of aryl methyl sites for hydroxylation is 1. The minimum absolute atomic E-state index is 0.0449. The van der Waals surface area contributed by atoms with Crippen LogP contribution in [0.1, 0.15) is 22.7 Å². The minimum Gasteiger partial charge on any atom is -0.464 e. The molecule has 7 heteroatoms. The van der Waals surface area contributed by atoms with Gasteiger partial charge in [-0.05, 0) is 13.3 Å². The lowest BCUT2D eigenvalue weighted by molar-refractivity contribution is -0.121. The van der Waals surface area contributed by atoms with Crippen LogP contribution in [0.5, 0.6) is 0 Å². The molecule has 0 saturated heterocycles. The number of amides is 1. The molecular formula is C12H19N3O4. The monoisotopic (exact) mass is 269 g/mol. The second-order valence-corrected chi connectivity index (χ2v) is 3.96. The molecule has 0 bridgehead atoms. The Kier molecular flexibility index (Phi) is 6.01. The summed E-state index contributed by atoms with van der Waals surface area (Å²) < 4.78 is 11.0. The minimum atomic E-state index is -0.507. The zero-order valence-corrected chi connectivity index (χ0v) is 11.4. The van der Waals surface area contributed by atoms with Crippen molar-refractivity contribution in [3.8, 4) is 0 Å². The topological polar surface area (TPSA) is 82.5 Å². The lowest BCUT2D eigenvalue weighted by Crippen LogP contribution is -2.30. The van der Waals surface area contributed by atoms with Crippen molar-refractivity contribution in [3.63, 3.8) is 0 Å². The van der Waals surface area contributed by atoms with E-state index in [-0.39, 0.29) is 18.1 Å². The first-order valence-corrected chi connectivity index (χ1v) is 5.96. The molecule has 0 aliphatic carbocycles. The Hall–Kier alpha value is -1.89. The van der Waals surface area contributed by atoms with Crippen molar-refractivity contribution < 1.29 is 19.1 Å². The van der Waals surface area contributed by atoms with Gasteiger partial charge in [0.1, 0.15) is 18.1 Å². The van der Waals surface area contributed by atoms with Crippen LogP contribution in [0.2, 0.25) is 0 Å². The van der Waals surface area contributed by atoms with Gasteiger partial charge in [-0.3, -0.25) is 4.79 Å². The molecule has 0 unspecified atom stereocenters. The number of methoxy groups -OCH3 is 2. The molecule has 19 heavy (non-hydrogen) atoms. The summed E-state index contributed by atoms with van der Waals surface area (Å²) in [7, 11) is 2.90. The molecule has 1 amide bonds. The zero-order valence-electron chi connectivity index (χ0n) is 11.4. The van der Waals surface area contributed by atoms with Crippen molar-refractivity contribution in [2.45, 2.75) is 19.9 Å². The van der Waals surface area contributed by atoms with Crippen molar-refractivity contribution in [1.29, 1.82) is 0 Å². The van der Waals surface area contributed by atoms with Crippen molar-refractivity contribution >= 4 is 11.9 Å². The molecule has 106 valence electrons. The van der Waals surface area contributed by atoms with Crippen LogP contribution in [0.15, 0.2) is 6.20 Å². The van der Waals surface area contributed by atoms with Gasteiger partial charge < -0.3 is 19.4 Å². The predicted molar refractivity (Wildman–Crippen MR) is 67.8 cm³/mol. The molecule has 0 radical (unpaired) electrons. The van der Waals surface area contributed by atoms with Crippen LogP contribution in [0.25, 0.3) is 0 Å². The smallest absolute Gasteiger partial charge is 0.356 e. The van der Waals surface area contributed by atoms with Gasteiger partial charge >= 0.3 is 5.97 Å². The van der Waals surface area contributed by atoms with Gasteiger partial charge in [-0.25, -0.2) is 9.78 Å². The number of hydrogen-bond acceptors (Lipinski definition) is 5. The second-order valence-electron chi connectivity index (χ2n) is 3.96.